The molecule has 1 saturated heterocycles. The summed E-state index contributed by atoms with van der Waals surface area (Å²) in [6.45, 7) is 11.8. The van der Waals surface area contributed by atoms with E-state index in [2.05, 4.69) is 28.7 Å². The van der Waals surface area contributed by atoms with Crippen molar-refractivity contribution in [3.8, 4) is 0 Å². The fraction of sp³-hybridized carbons (Fsp3) is 0.714. The van der Waals surface area contributed by atoms with Crippen molar-refractivity contribution < 1.29 is 5.11 Å². The Balaban J connectivity index is 0.000000771. The predicted octanol–water partition coefficient (Wildman–Crippen LogP) is 2.51. The Kier molecular flexibility index (Phi) is 5.54. The highest BCUT2D eigenvalue weighted by molar-refractivity contribution is 5.41. The molecular formula is C14H25N3O. The van der Waals surface area contributed by atoms with Gasteiger partial charge in [-0.15, -0.1) is 0 Å². The summed E-state index contributed by atoms with van der Waals surface area (Å²) in [5.41, 5.74) is 0.995. The summed E-state index contributed by atoms with van der Waals surface area (Å²) in [5, 5.41) is 9.52. The lowest BCUT2D eigenvalue weighted by Gasteiger charge is -2.18. The Morgan fingerprint density at radius 3 is 2.50 bits per heavy atom. The maximum atomic E-state index is 9.52. The average molecular weight is 251 g/mol. The van der Waals surface area contributed by atoms with Crippen LogP contribution in [0.4, 0.5) is 5.82 Å². The van der Waals surface area contributed by atoms with Gasteiger partial charge in [-0.25, -0.2) is 9.97 Å². The third-order valence-corrected chi connectivity index (χ3v) is 2.86. The van der Waals surface area contributed by atoms with E-state index < -0.39 is 0 Å². The van der Waals surface area contributed by atoms with E-state index in [1.54, 1.807) is 0 Å². The summed E-state index contributed by atoms with van der Waals surface area (Å²) in [7, 11) is 0. The summed E-state index contributed by atoms with van der Waals surface area (Å²) in [6.07, 6.45) is 0.623. The lowest BCUT2D eigenvalue weighted by atomic mass is 10.2. The number of aliphatic hydroxyl groups excluding tert-OH is 1. The number of β-amino-alcohol motifs (C(OH)–C–C–N with tert-alkyl or cyclic N) is 1. The van der Waals surface area contributed by atoms with Gasteiger partial charge in [0.2, 0.25) is 0 Å². The number of rotatable bonds is 2. The van der Waals surface area contributed by atoms with E-state index in [4.69, 9.17) is 0 Å². The fourth-order valence-corrected chi connectivity index (χ4v) is 1.94. The van der Waals surface area contributed by atoms with Crippen LogP contribution in [0, 0.1) is 6.92 Å². The second-order valence-corrected chi connectivity index (χ2v) is 4.77. The summed E-state index contributed by atoms with van der Waals surface area (Å²) < 4.78 is 0. The zero-order chi connectivity index (χ0) is 13.7. The van der Waals surface area contributed by atoms with E-state index in [1.165, 1.54) is 0 Å². The van der Waals surface area contributed by atoms with Crippen molar-refractivity contribution in [3.05, 3.63) is 17.6 Å². The molecule has 2 heterocycles. The van der Waals surface area contributed by atoms with Gasteiger partial charge in [-0.05, 0) is 13.3 Å². The summed E-state index contributed by atoms with van der Waals surface area (Å²) in [5.74, 6) is 2.18. The molecule has 1 aromatic heterocycles. The molecule has 18 heavy (non-hydrogen) atoms. The van der Waals surface area contributed by atoms with Gasteiger partial charge in [0.1, 0.15) is 11.6 Å². The van der Waals surface area contributed by atoms with Crippen LogP contribution >= 0.6 is 0 Å². The molecule has 0 aromatic carbocycles. The van der Waals surface area contributed by atoms with E-state index in [-0.39, 0.29) is 6.10 Å². The molecule has 102 valence electrons. The Labute approximate surface area is 110 Å². The number of hydrogen-bond donors (Lipinski definition) is 1. The van der Waals surface area contributed by atoms with Crippen LogP contribution in [0.25, 0.3) is 0 Å². The van der Waals surface area contributed by atoms with Gasteiger partial charge >= 0.3 is 0 Å². The van der Waals surface area contributed by atoms with Gasteiger partial charge < -0.3 is 10.0 Å². The molecule has 0 bridgehead atoms. The van der Waals surface area contributed by atoms with Crippen molar-refractivity contribution in [1.82, 2.24) is 9.97 Å². The molecule has 0 amide bonds. The second kappa shape index (κ2) is 6.69. The average Bonchev–Trinajstić information content (AvgIpc) is 2.78. The monoisotopic (exact) mass is 251 g/mol. The largest absolute Gasteiger partial charge is 0.391 e. The third kappa shape index (κ3) is 3.67. The van der Waals surface area contributed by atoms with E-state index in [1.807, 2.05) is 26.8 Å². The number of aryl methyl sites for hydroxylation is 1. The smallest absolute Gasteiger partial charge is 0.133 e. The lowest BCUT2D eigenvalue weighted by Crippen LogP contribution is -2.23. The molecule has 1 aromatic rings. The van der Waals surface area contributed by atoms with Crippen molar-refractivity contribution in [2.75, 3.05) is 18.0 Å². The summed E-state index contributed by atoms with van der Waals surface area (Å²) in [6, 6.07) is 1.99. The van der Waals surface area contributed by atoms with Crippen molar-refractivity contribution in [2.24, 2.45) is 0 Å². The van der Waals surface area contributed by atoms with Crippen LogP contribution in [-0.4, -0.2) is 34.3 Å². The zero-order valence-electron chi connectivity index (χ0n) is 12.1. The number of anilines is 1. The van der Waals surface area contributed by atoms with Gasteiger partial charge in [-0.1, -0.05) is 27.7 Å². The fourth-order valence-electron chi connectivity index (χ4n) is 1.94. The molecule has 4 heteroatoms. The Hall–Kier alpha value is -1.16. The first-order chi connectivity index (χ1) is 8.56. The number of hydrogen-bond acceptors (Lipinski definition) is 4. The van der Waals surface area contributed by atoms with Crippen molar-refractivity contribution in [3.63, 3.8) is 0 Å². The van der Waals surface area contributed by atoms with E-state index in [9.17, 15) is 5.11 Å². The molecule has 1 unspecified atom stereocenters. The highest BCUT2D eigenvalue weighted by atomic mass is 16.3. The third-order valence-electron chi connectivity index (χ3n) is 2.86. The Morgan fingerprint density at radius 1 is 1.33 bits per heavy atom. The molecule has 1 atom stereocenters. The first-order valence-electron chi connectivity index (χ1n) is 6.85. The molecule has 0 saturated carbocycles. The molecule has 0 spiro atoms. The van der Waals surface area contributed by atoms with E-state index in [0.29, 0.717) is 12.5 Å². The van der Waals surface area contributed by atoms with Gasteiger partial charge in [0, 0.05) is 30.8 Å². The molecular weight excluding hydrogens is 226 g/mol. The van der Waals surface area contributed by atoms with Crippen LogP contribution in [0.3, 0.4) is 0 Å². The lowest BCUT2D eigenvalue weighted by molar-refractivity contribution is 0.198. The molecule has 1 aliphatic heterocycles. The Bertz CT molecular complexity index is 379. The van der Waals surface area contributed by atoms with Crippen LogP contribution < -0.4 is 4.90 Å². The van der Waals surface area contributed by atoms with Gasteiger partial charge in [0.05, 0.1) is 6.10 Å². The molecule has 0 aliphatic carbocycles. The van der Waals surface area contributed by atoms with Crippen molar-refractivity contribution >= 4 is 5.82 Å². The van der Waals surface area contributed by atoms with Crippen LogP contribution in [0.1, 0.15) is 51.6 Å². The first kappa shape index (κ1) is 14.9. The number of aromatic nitrogens is 2. The first-order valence-corrected chi connectivity index (χ1v) is 6.85. The summed E-state index contributed by atoms with van der Waals surface area (Å²) in [4.78, 5) is 11.1. The topological polar surface area (TPSA) is 49.2 Å². The highest BCUT2D eigenvalue weighted by Gasteiger charge is 2.22. The quantitative estimate of drug-likeness (QED) is 0.877. The highest BCUT2D eigenvalue weighted by Crippen LogP contribution is 2.21. The normalized spacial score (nSPS) is 18.8. The molecule has 2 rings (SSSR count). The van der Waals surface area contributed by atoms with Crippen molar-refractivity contribution in [2.45, 2.75) is 53.1 Å². The zero-order valence-corrected chi connectivity index (χ0v) is 12.1. The molecule has 1 N–H and O–H groups in total. The number of aliphatic hydroxyl groups is 1. The minimum absolute atomic E-state index is 0.210. The maximum Gasteiger partial charge on any atom is 0.133 e. The van der Waals surface area contributed by atoms with E-state index >= 15 is 0 Å². The Morgan fingerprint density at radius 2 is 2.00 bits per heavy atom. The van der Waals surface area contributed by atoms with Gasteiger partial charge in [-0.3, -0.25) is 0 Å². The molecule has 4 nitrogen and oxygen atoms in total. The van der Waals surface area contributed by atoms with Crippen LogP contribution in [0.2, 0.25) is 0 Å². The standard InChI is InChI=1S/C12H19N3O.C2H6/c1-8(2)12-13-9(3)6-11(14-12)15-5-4-10(16)7-15;1-2/h6,8,10,16H,4-5,7H2,1-3H3;1-2H3. The number of nitrogens with zero attached hydrogens (tertiary/aromatic N) is 3. The van der Waals surface area contributed by atoms with E-state index in [0.717, 1.165) is 30.3 Å². The van der Waals surface area contributed by atoms with Crippen LogP contribution in [-0.2, 0) is 0 Å². The van der Waals surface area contributed by atoms with Crippen LogP contribution in [0.15, 0.2) is 6.07 Å². The van der Waals surface area contributed by atoms with Crippen molar-refractivity contribution in [1.29, 1.82) is 0 Å². The van der Waals surface area contributed by atoms with Crippen LogP contribution in [0.5, 0.6) is 0 Å². The van der Waals surface area contributed by atoms with Gasteiger partial charge in [0.15, 0.2) is 0 Å². The van der Waals surface area contributed by atoms with Gasteiger partial charge in [0.25, 0.3) is 0 Å². The molecule has 1 aliphatic rings. The predicted molar refractivity (Wildman–Crippen MR) is 75.0 cm³/mol. The maximum absolute atomic E-state index is 9.52. The molecule has 1 fully saturated rings. The van der Waals surface area contributed by atoms with Gasteiger partial charge in [-0.2, -0.15) is 0 Å². The second-order valence-electron chi connectivity index (χ2n) is 4.77. The minimum atomic E-state index is -0.210. The minimum Gasteiger partial charge on any atom is -0.391 e. The SMILES string of the molecule is CC.Cc1cc(N2CCC(O)C2)nc(C(C)C)n1. The summed E-state index contributed by atoms with van der Waals surface area (Å²) >= 11 is 0. The molecule has 0 radical (unpaired) electrons.